The number of ether oxygens (including phenoxy) is 1. The molecule has 0 radical (unpaired) electrons. The predicted octanol–water partition coefficient (Wildman–Crippen LogP) is 2.41. The van der Waals surface area contributed by atoms with E-state index in [0.29, 0.717) is 12.4 Å². The van der Waals surface area contributed by atoms with Crippen LogP contribution in [0.2, 0.25) is 0 Å². The van der Waals surface area contributed by atoms with Gasteiger partial charge in [0.15, 0.2) is 0 Å². The summed E-state index contributed by atoms with van der Waals surface area (Å²) in [5, 5.41) is 4.07. The summed E-state index contributed by atoms with van der Waals surface area (Å²) in [6, 6.07) is 5.38. The van der Waals surface area contributed by atoms with Crippen LogP contribution in [0.1, 0.15) is 46.4 Å². The Kier molecular flexibility index (Phi) is 4.71. The molecule has 1 amide bonds. The first kappa shape index (κ1) is 15.7. The number of fused-ring (bicyclic) bond motifs is 1. The maximum Gasteiger partial charge on any atom is 0.293 e. The van der Waals surface area contributed by atoms with Crippen LogP contribution < -0.4 is 0 Å². The van der Waals surface area contributed by atoms with Gasteiger partial charge in [-0.05, 0) is 37.8 Å². The minimum Gasteiger partial charge on any atom is -0.382 e. The van der Waals surface area contributed by atoms with E-state index < -0.39 is 0 Å². The van der Waals surface area contributed by atoms with Crippen molar-refractivity contribution in [3.05, 3.63) is 47.1 Å². The zero-order chi connectivity index (χ0) is 16.2. The quantitative estimate of drug-likeness (QED) is 0.847. The molecule has 6 nitrogen and oxygen atoms in total. The number of pyridine rings is 1. The van der Waals surface area contributed by atoms with Gasteiger partial charge in [-0.1, -0.05) is 11.2 Å². The highest BCUT2D eigenvalue weighted by Crippen LogP contribution is 2.27. The Morgan fingerprint density at radius 2 is 2.22 bits per heavy atom. The third kappa shape index (κ3) is 3.12. The number of nitrogens with zero attached hydrogens (tertiary/aromatic N) is 3. The van der Waals surface area contributed by atoms with Crippen LogP contribution in [0.3, 0.4) is 0 Å². The molecule has 1 aliphatic rings. The molecule has 0 aromatic carbocycles. The summed E-state index contributed by atoms with van der Waals surface area (Å²) in [6.45, 7) is 0.371. The third-order valence-corrected chi connectivity index (χ3v) is 4.30. The van der Waals surface area contributed by atoms with E-state index in [1.165, 1.54) is 0 Å². The Hall–Kier alpha value is -2.21. The third-order valence-electron chi connectivity index (χ3n) is 4.30. The zero-order valence-electron chi connectivity index (χ0n) is 13.5. The number of hydrogen-bond donors (Lipinski definition) is 0. The average Bonchev–Trinajstić information content (AvgIpc) is 3.03. The molecule has 0 bridgehead atoms. The van der Waals surface area contributed by atoms with Crippen LogP contribution >= 0.6 is 0 Å². The highest BCUT2D eigenvalue weighted by Gasteiger charge is 2.30. The summed E-state index contributed by atoms with van der Waals surface area (Å²) in [5.41, 5.74) is 2.68. The fraction of sp³-hybridized carbons (Fsp3) is 0.471. The largest absolute Gasteiger partial charge is 0.382 e. The van der Waals surface area contributed by atoms with Gasteiger partial charge in [0, 0.05) is 25.9 Å². The Morgan fingerprint density at radius 1 is 1.39 bits per heavy atom. The van der Waals surface area contributed by atoms with Crippen LogP contribution in [0.25, 0.3) is 0 Å². The lowest BCUT2D eigenvalue weighted by Gasteiger charge is -2.26. The van der Waals surface area contributed by atoms with Crippen molar-refractivity contribution in [2.45, 2.75) is 31.7 Å². The molecule has 2 aromatic rings. The summed E-state index contributed by atoms with van der Waals surface area (Å²) in [5.74, 6) is 0.188. The molecular weight excluding hydrogens is 294 g/mol. The Bertz CT molecular complexity index is 669. The van der Waals surface area contributed by atoms with Crippen molar-refractivity contribution in [1.29, 1.82) is 0 Å². The van der Waals surface area contributed by atoms with Crippen LogP contribution in [-0.2, 0) is 17.6 Å². The minimum atomic E-state index is -0.266. The second-order valence-corrected chi connectivity index (χ2v) is 5.79. The topological polar surface area (TPSA) is 68.5 Å². The van der Waals surface area contributed by atoms with Gasteiger partial charge in [0.25, 0.3) is 5.91 Å². The lowest BCUT2D eigenvalue weighted by molar-refractivity contribution is 0.0556. The van der Waals surface area contributed by atoms with Crippen molar-refractivity contribution in [3.8, 4) is 0 Å². The fourth-order valence-electron chi connectivity index (χ4n) is 2.99. The summed E-state index contributed by atoms with van der Waals surface area (Å²) >= 11 is 0. The molecule has 0 fully saturated rings. The van der Waals surface area contributed by atoms with Gasteiger partial charge in [0.05, 0.1) is 24.0 Å². The van der Waals surface area contributed by atoms with Crippen molar-refractivity contribution in [1.82, 2.24) is 15.0 Å². The van der Waals surface area contributed by atoms with Crippen LogP contribution in [0.5, 0.6) is 0 Å². The van der Waals surface area contributed by atoms with E-state index in [2.05, 4.69) is 10.1 Å². The summed E-state index contributed by atoms with van der Waals surface area (Å²) < 4.78 is 10.6. The van der Waals surface area contributed by atoms with Gasteiger partial charge in [-0.15, -0.1) is 0 Å². The highest BCUT2D eigenvalue weighted by molar-refractivity contribution is 5.93. The Balaban J connectivity index is 1.86. The van der Waals surface area contributed by atoms with Gasteiger partial charge < -0.3 is 14.2 Å². The average molecular weight is 315 g/mol. The normalized spacial score (nSPS) is 15.0. The van der Waals surface area contributed by atoms with Crippen LogP contribution in [0.15, 0.2) is 28.9 Å². The molecule has 0 N–H and O–H groups in total. The smallest absolute Gasteiger partial charge is 0.293 e. The molecule has 2 aromatic heterocycles. The SMILES string of the molecule is COC[C@H](c1ccccn1)N(C)C(=O)c1onc2c1CCCC2. The second-order valence-electron chi connectivity index (χ2n) is 5.79. The molecule has 23 heavy (non-hydrogen) atoms. The van der Waals surface area contributed by atoms with E-state index in [1.807, 2.05) is 18.2 Å². The summed E-state index contributed by atoms with van der Waals surface area (Å²) in [7, 11) is 3.36. The van der Waals surface area contributed by atoms with Crippen LogP contribution in [0, 0.1) is 0 Å². The maximum atomic E-state index is 12.9. The number of amides is 1. The molecule has 6 heteroatoms. The molecule has 2 heterocycles. The number of carbonyl (C=O) groups is 1. The van der Waals surface area contributed by atoms with Gasteiger partial charge in [0.1, 0.15) is 0 Å². The fourth-order valence-corrected chi connectivity index (χ4v) is 2.99. The second kappa shape index (κ2) is 6.91. The number of aromatic nitrogens is 2. The lowest BCUT2D eigenvalue weighted by Crippen LogP contribution is -2.34. The van der Waals surface area contributed by atoms with E-state index in [0.717, 1.165) is 42.6 Å². The summed E-state index contributed by atoms with van der Waals surface area (Å²) in [6.07, 6.45) is 5.62. The molecule has 0 aliphatic heterocycles. The molecule has 0 unspecified atom stereocenters. The maximum absolute atomic E-state index is 12.9. The molecule has 1 atom stereocenters. The van der Waals surface area contributed by atoms with E-state index in [4.69, 9.17) is 9.26 Å². The number of rotatable bonds is 5. The monoisotopic (exact) mass is 315 g/mol. The van der Waals surface area contributed by atoms with Crippen molar-refractivity contribution < 1.29 is 14.1 Å². The van der Waals surface area contributed by atoms with Crippen molar-refractivity contribution in [2.24, 2.45) is 0 Å². The van der Waals surface area contributed by atoms with Crippen molar-refractivity contribution >= 4 is 5.91 Å². The van der Waals surface area contributed by atoms with E-state index in [-0.39, 0.29) is 11.9 Å². The minimum absolute atomic E-state index is 0.173. The molecule has 1 aliphatic carbocycles. The van der Waals surface area contributed by atoms with Gasteiger partial charge >= 0.3 is 0 Å². The van der Waals surface area contributed by atoms with E-state index >= 15 is 0 Å². The van der Waals surface area contributed by atoms with Gasteiger partial charge in [0.2, 0.25) is 5.76 Å². The highest BCUT2D eigenvalue weighted by atomic mass is 16.5. The Morgan fingerprint density at radius 3 is 2.96 bits per heavy atom. The number of carbonyl (C=O) groups excluding carboxylic acids is 1. The molecule has 0 spiro atoms. The molecule has 3 rings (SSSR count). The number of aryl methyl sites for hydroxylation is 1. The zero-order valence-corrected chi connectivity index (χ0v) is 13.5. The first-order valence-corrected chi connectivity index (χ1v) is 7.86. The molecule has 122 valence electrons. The summed E-state index contributed by atoms with van der Waals surface area (Å²) in [4.78, 5) is 18.9. The first-order valence-electron chi connectivity index (χ1n) is 7.86. The number of likely N-dealkylation sites (N-methyl/N-ethyl adjacent to an activating group) is 1. The lowest BCUT2D eigenvalue weighted by atomic mass is 9.95. The number of hydrogen-bond acceptors (Lipinski definition) is 5. The number of methoxy groups -OCH3 is 1. The molecule has 0 saturated carbocycles. The van der Waals surface area contributed by atoms with Crippen LogP contribution in [-0.4, -0.2) is 41.7 Å². The first-order chi connectivity index (χ1) is 11.2. The molecular formula is C17H21N3O3. The van der Waals surface area contributed by atoms with Crippen molar-refractivity contribution in [3.63, 3.8) is 0 Å². The predicted molar refractivity (Wildman–Crippen MR) is 84.1 cm³/mol. The molecule has 0 saturated heterocycles. The van der Waals surface area contributed by atoms with Gasteiger partial charge in [-0.25, -0.2) is 0 Å². The van der Waals surface area contributed by atoms with Crippen LogP contribution in [0.4, 0.5) is 0 Å². The van der Waals surface area contributed by atoms with Gasteiger partial charge in [-0.2, -0.15) is 0 Å². The van der Waals surface area contributed by atoms with E-state index in [9.17, 15) is 4.79 Å². The van der Waals surface area contributed by atoms with E-state index in [1.54, 1.807) is 25.3 Å². The Labute approximate surface area is 135 Å². The van der Waals surface area contributed by atoms with Gasteiger partial charge in [-0.3, -0.25) is 9.78 Å². The standard InChI is InChI=1S/C17H21N3O3/c1-20(15(11-22-2)14-9-5-6-10-18-14)17(21)16-12-7-3-4-8-13(12)19-23-16/h5-6,9-10,15H,3-4,7-8,11H2,1-2H3/t15-/m1/s1. The van der Waals surface area contributed by atoms with Crippen molar-refractivity contribution in [2.75, 3.05) is 20.8 Å².